The summed E-state index contributed by atoms with van der Waals surface area (Å²) in [5, 5.41) is 17.4. The number of alkyl halides is 2. The normalized spacial score (nSPS) is 21.0. The Hall–Kier alpha value is -4.65. The summed E-state index contributed by atoms with van der Waals surface area (Å²) in [6.07, 6.45) is 0.184. The fourth-order valence-electron chi connectivity index (χ4n) is 7.80. The van der Waals surface area contributed by atoms with Crippen molar-refractivity contribution < 1.29 is 23.4 Å². The van der Waals surface area contributed by atoms with Gasteiger partial charge in [-0.05, 0) is 48.4 Å². The first-order valence-electron chi connectivity index (χ1n) is 16.1. The fraction of sp³-hybridized carbons (Fsp3) is 0.306. The molecule has 4 atom stereocenters. The minimum atomic E-state index is -2.87. The Labute approximate surface area is 294 Å². The molecule has 0 bridgehead atoms. The lowest BCUT2D eigenvalue weighted by Crippen LogP contribution is -2.29. The average molecular weight is 720 g/mol. The van der Waals surface area contributed by atoms with Crippen LogP contribution in [0.25, 0.3) is 33.2 Å². The van der Waals surface area contributed by atoms with E-state index in [0.717, 1.165) is 47.8 Å². The molecular weight excluding hydrogens is 689 g/mol. The minimum Gasteiger partial charge on any atom is -0.481 e. The van der Waals surface area contributed by atoms with E-state index in [1.807, 2.05) is 24.3 Å². The number of piperidine rings is 1. The SMILES string of the molecule is COc1nc(-c2cccc(-c3cccc(Nc4nc(C(F)F)cc5cnn(C)c(=O)c45)c3Cl)c2Cl)cc2c1[C@@H](N1C[C@@H]3C(C(=O)O)[C@@H]3C1)CC2. The summed E-state index contributed by atoms with van der Waals surface area (Å²) in [4.78, 5) is 35.9. The molecule has 2 aromatic carbocycles. The Morgan fingerprint density at radius 1 is 1.04 bits per heavy atom. The molecule has 1 saturated carbocycles. The number of ether oxygens (including phenoxy) is 1. The molecule has 4 heterocycles. The lowest BCUT2D eigenvalue weighted by molar-refractivity contribution is -0.139. The molecule has 0 amide bonds. The number of nitrogens with one attached hydrogen (secondary N) is 1. The molecule has 2 aliphatic carbocycles. The van der Waals surface area contributed by atoms with Gasteiger partial charge in [0.15, 0.2) is 0 Å². The van der Waals surface area contributed by atoms with Crippen molar-refractivity contribution in [1.29, 1.82) is 0 Å². The summed E-state index contributed by atoms with van der Waals surface area (Å²) in [7, 11) is 3.06. The average Bonchev–Trinajstić information content (AvgIpc) is 3.37. The minimum absolute atomic E-state index is 0.0694. The van der Waals surface area contributed by atoms with Gasteiger partial charge in [0, 0.05) is 53.8 Å². The van der Waals surface area contributed by atoms with E-state index in [0.29, 0.717) is 39.0 Å². The maximum Gasteiger partial charge on any atom is 0.307 e. The maximum atomic E-state index is 13.8. The Kier molecular flexibility index (Phi) is 8.00. The molecule has 14 heteroatoms. The number of carboxylic acids is 1. The van der Waals surface area contributed by atoms with Crippen molar-refractivity contribution >= 4 is 51.4 Å². The molecular formula is C36H30Cl2F2N6O4. The predicted molar refractivity (Wildman–Crippen MR) is 185 cm³/mol. The Morgan fingerprint density at radius 2 is 1.74 bits per heavy atom. The molecule has 0 radical (unpaired) electrons. The molecule has 1 unspecified atom stereocenters. The molecule has 10 nitrogen and oxygen atoms in total. The second-order valence-electron chi connectivity index (χ2n) is 13.0. The van der Waals surface area contributed by atoms with Gasteiger partial charge in [0.25, 0.3) is 12.0 Å². The molecule has 3 aromatic heterocycles. The number of fused-ring (bicyclic) bond motifs is 3. The van der Waals surface area contributed by atoms with Gasteiger partial charge in [0.05, 0.1) is 46.0 Å². The van der Waals surface area contributed by atoms with Gasteiger partial charge in [-0.15, -0.1) is 0 Å². The van der Waals surface area contributed by atoms with Crippen molar-refractivity contribution in [1.82, 2.24) is 24.6 Å². The summed E-state index contributed by atoms with van der Waals surface area (Å²) >= 11 is 14.1. The van der Waals surface area contributed by atoms with Gasteiger partial charge in [-0.2, -0.15) is 5.10 Å². The fourth-order valence-corrected chi connectivity index (χ4v) is 8.40. The number of anilines is 2. The third kappa shape index (κ3) is 5.28. The lowest BCUT2D eigenvalue weighted by Gasteiger charge is -2.27. The first-order chi connectivity index (χ1) is 24.0. The van der Waals surface area contributed by atoms with Gasteiger partial charge in [0.2, 0.25) is 5.88 Å². The molecule has 3 aliphatic rings. The Balaban J connectivity index is 1.13. The summed E-state index contributed by atoms with van der Waals surface area (Å²) in [5.74, 6) is -0.0595. The molecule has 50 heavy (non-hydrogen) atoms. The Morgan fingerprint density at radius 3 is 2.44 bits per heavy atom. The van der Waals surface area contributed by atoms with E-state index in [2.05, 4.69) is 20.3 Å². The van der Waals surface area contributed by atoms with E-state index >= 15 is 0 Å². The van der Waals surface area contributed by atoms with Crippen LogP contribution in [0.2, 0.25) is 10.0 Å². The number of benzene rings is 2. The van der Waals surface area contributed by atoms with Gasteiger partial charge in [0.1, 0.15) is 11.5 Å². The highest BCUT2D eigenvalue weighted by Gasteiger charge is 2.60. The number of halogens is 4. The van der Waals surface area contributed by atoms with E-state index < -0.39 is 23.6 Å². The van der Waals surface area contributed by atoms with Gasteiger partial charge in [-0.25, -0.2) is 23.4 Å². The van der Waals surface area contributed by atoms with Crippen molar-refractivity contribution in [2.75, 3.05) is 25.5 Å². The number of carbonyl (C=O) groups is 1. The number of methoxy groups -OCH3 is 1. The number of carboxylic acid groups (broad SMARTS) is 1. The highest BCUT2D eigenvalue weighted by Crippen LogP contribution is 2.55. The van der Waals surface area contributed by atoms with Gasteiger partial charge in [-0.3, -0.25) is 14.5 Å². The monoisotopic (exact) mass is 718 g/mol. The molecule has 256 valence electrons. The van der Waals surface area contributed by atoms with Crippen molar-refractivity contribution in [3.05, 3.63) is 91.9 Å². The van der Waals surface area contributed by atoms with E-state index in [4.69, 9.17) is 32.9 Å². The number of rotatable bonds is 8. The van der Waals surface area contributed by atoms with Crippen molar-refractivity contribution in [2.24, 2.45) is 24.8 Å². The number of nitrogens with zero attached hydrogens (tertiary/aromatic N) is 5. The lowest BCUT2D eigenvalue weighted by atomic mass is 9.99. The van der Waals surface area contributed by atoms with Crippen LogP contribution in [0.4, 0.5) is 20.3 Å². The van der Waals surface area contributed by atoms with Gasteiger partial charge < -0.3 is 15.2 Å². The largest absolute Gasteiger partial charge is 0.481 e. The van der Waals surface area contributed by atoms with Crippen LogP contribution in [-0.4, -0.2) is 55.9 Å². The standard InChI is InChI=1S/C36H30Cl2F2N6O4/c1-45-35(47)28-17(13-41-45)12-25(32(39)40)43-33(28)42-23-8-4-6-19(31(23)38)18-5-3-7-20(30(18)37)24-11-16-9-10-26(27(16)34(44-24)50-2)46-14-21-22(15-46)29(21)36(48)49/h3-8,11-13,21-22,26,29,32H,9-10,14-15H2,1-2H3,(H,42,43)(H,48,49)/t21-,22+,26-,29?/m0/s1. The van der Waals surface area contributed by atoms with Crippen LogP contribution in [0.3, 0.4) is 0 Å². The van der Waals surface area contributed by atoms with Gasteiger partial charge >= 0.3 is 5.97 Å². The van der Waals surface area contributed by atoms with E-state index in [9.17, 15) is 23.5 Å². The van der Waals surface area contributed by atoms with Crippen LogP contribution in [-0.2, 0) is 18.3 Å². The van der Waals surface area contributed by atoms with E-state index in [1.165, 1.54) is 13.2 Å². The highest BCUT2D eigenvalue weighted by molar-refractivity contribution is 6.39. The second kappa shape index (κ2) is 12.3. The summed E-state index contributed by atoms with van der Waals surface area (Å²) in [5.41, 5.74) is 3.96. The number of hydrogen-bond acceptors (Lipinski definition) is 8. The van der Waals surface area contributed by atoms with Crippen LogP contribution in [0, 0.1) is 17.8 Å². The maximum absolute atomic E-state index is 13.8. The number of pyridine rings is 2. The zero-order valence-corrected chi connectivity index (χ0v) is 28.3. The zero-order valence-electron chi connectivity index (χ0n) is 26.8. The second-order valence-corrected chi connectivity index (χ2v) is 13.7. The molecule has 5 aromatic rings. The number of aryl methyl sites for hydroxylation is 2. The molecule has 2 N–H and O–H groups in total. The van der Waals surface area contributed by atoms with Crippen LogP contribution in [0.5, 0.6) is 5.88 Å². The zero-order chi connectivity index (χ0) is 35.0. The third-order valence-electron chi connectivity index (χ3n) is 10.3. The highest BCUT2D eigenvalue weighted by atomic mass is 35.5. The first-order valence-corrected chi connectivity index (χ1v) is 16.9. The smallest absolute Gasteiger partial charge is 0.307 e. The van der Waals surface area contributed by atoms with Crippen LogP contribution in [0.15, 0.2) is 59.5 Å². The van der Waals surface area contributed by atoms with Gasteiger partial charge in [-0.1, -0.05) is 53.5 Å². The molecule has 1 aliphatic heterocycles. The van der Waals surface area contributed by atoms with Crippen molar-refractivity contribution in [3.63, 3.8) is 0 Å². The van der Waals surface area contributed by atoms with Crippen LogP contribution >= 0.6 is 23.2 Å². The summed E-state index contributed by atoms with van der Waals surface area (Å²) in [6, 6.07) is 14.0. The number of hydrogen-bond donors (Lipinski definition) is 2. The number of likely N-dealkylation sites (tertiary alicyclic amines) is 1. The quantitative estimate of drug-likeness (QED) is 0.170. The summed E-state index contributed by atoms with van der Waals surface area (Å²) < 4.78 is 34.5. The third-order valence-corrected chi connectivity index (χ3v) is 11.1. The molecule has 2 fully saturated rings. The van der Waals surface area contributed by atoms with E-state index in [-0.39, 0.29) is 45.4 Å². The van der Waals surface area contributed by atoms with Crippen molar-refractivity contribution in [2.45, 2.75) is 25.3 Å². The predicted octanol–water partition coefficient (Wildman–Crippen LogP) is 7.30. The van der Waals surface area contributed by atoms with Crippen molar-refractivity contribution in [3.8, 4) is 28.3 Å². The Bertz CT molecular complexity index is 2270. The molecule has 1 saturated heterocycles. The summed E-state index contributed by atoms with van der Waals surface area (Å²) in [6.45, 7) is 1.52. The first kappa shape index (κ1) is 32.5. The van der Waals surface area contributed by atoms with Crippen LogP contribution < -0.4 is 15.6 Å². The topological polar surface area (TPSA) is 122 Å². The molecule has 0 spiro atoms. The van der Waals surface area contributed by atoms with Crippen LogP contribution in [0.1, 0.15) is 35.7 Å². The number of aliphatic carboxylic acids is 1. The number of aromatic nitrogens is 4. The molecule has 8 rings (SSSR count). The van der Waals surface area contributed by atoms with E-state index in [1.54, 1.807) is 25.3 Å².